The zero-order chi connectivity index (χ0) is 14.0. The van der Waals surface area contributed by atoms with E-state index in [-0.39, 0.29) is 10.9 Å². The molecular formula is C14H10BrClFNO. The number of benzene rings is 2. The average Bonchev–Trinajstić information content (AvgIpc) is 2.37. The first-order valence-electron chi connectivity index (χ1n) is 5.50. The van der Waals surface area contributed by atoms with Gasteiger partial charge in [0.15, 0.2) is 0 Å². The van der Waals surface area contributed by atoms with Crippen molar-refractivity contribution >= 4 is 39.1 Å². The maximum Gasteiger partial charge on any atom is 0.255 e. The van der Waals surface area contributed by atoms with Gasteiger partial charge in [-0.25, -0.2) is 4.39 Å². The first-order chi connectivity index (χ1) is 8.99. The van der Waals surface area contributed by atoms with Crippen LogP contribution < -0.4 is 5.32 Å². The SMILES string of the molecule is Cc1c(Br)cccc1C(=O)Nc1ccc(Cl)c(F)c1. The van der Waals surface area contributed by atoms with E-state index in [1.165, 1.54) is 12.1 Å². The van der Waals surface area contributed by atoms with Crippen LogP contribution in [-0.4, -0.2) is 5.91 Å². The summed E-state index contributed by atoms with van der Waals surface area (Å²) in [5, 5.41) is 2.66. The van der Waals surface area contributed by atoms with Crippen LogP contribution >= 0.6 is 27.5 Å². The Labute approximate surface area is 123 Å². The van der Waals surface area contributed by atoms with E-state index in [1.807, 2.05) is 13.0 Å². The summed E-state index contributed by atoms with van der Waals surface area (Å²) in [7, 11) is 0. The van der Waals surface area contributed by atoms with E-state index in [4.69, 9.17) is 11.6 Å². The highest BCUT2D eigenvalue weighted by atomic mass is 79.9. The molecule has 2 rings (SSSR count). The summed E-state index contributed by atoms with van der Waals surface area (Å²) in [6.45, 7) is 1.83. The summed E-state index contributed by atoms with van der Waals surface area (Å²) in [5.41, 5.74) is 1.73. The van der Waals surface area contributed by atoms with E-state index >= 15 is 0 Å². The van der Waals surface area contributed by atoms with Crippen molar-refractivity contribution in [3.8, 4) is 0 Å². The Morgan fingerprint density at radius 1 is 1.32 bits per heavy atom. The lowest BCUT2D eigenvalue weighted by Gasteiger charge is -2.09. The molecule has 0 saturated heterocycles. The third-order valence-electron chi connectivity index (χ3n) is 2.69. The van der Waals surface area contributed by atoms with Gasteiger partial charge in [0.25, 0.3) is 5.91 Å². The second-order valence-electron chi connectivity index (χ2n) is 4.00. The topological polar surface area (TPSA) is 29.1 Å². The molecule has 0 aliphatic rings. The van der Waals surface area contributed by atoms with E-state index in [0.29, 0.717) is 11.3 Å². The summed E-state index contributed by atoms with van der Waals surface area (Å²) >= 11 is 8.95. The normalized spacial score (nSPS) is 10.3. The summed E-state index contributed by atoms with van der Waals surface area (Å²) in [6, 6.07) is 9.48. The van der Waals surface area contributed by atoms with Gasteiger partial charge in [-0.05, 0) is 42.8 Å². The van der Waals surface area contributed by atoms with Crippen LogP contribution in [0.4, 0.5) is 10.1 Å². The molecule has 19 heavy (non-hydrogen) atoms. The van der Waals surface area contributed by atoms with Gasteiger partial charge in [0.1, 0.15) is 5.82 Å². The number of carbonyl (C=O) groups is 1. The van der Waals surface area contributed by atoms with Crippen molar-refractivity contribution in [2.24, 2.45) is 0 Å². The second kappa shape index (κ2) is 5.72. The molecule has 2 nitrogen and oxygen atoms in total. The van der Waals surface area contributed by atoms with Crippen LogP contribution in [0.5, 0.6) is 0 Å². The molecule has 0 aliphatic carbocycles. The lowest BCUT2D eigenvalue weighted by molar-refractivity contribution is 0.102. The van der Waals surface area contributed by atoms with Crippen molar-refractivity contribution < 1.29 is 9.18 Å². The summed E-state index contributed by atoms with van der Waals surface area (Å²) in [5.74, 6) is -0.856. The molecule has 0 radical (unpaired) electrons. The third kappa shape index (κ3) is 3.14. The number of nitrogens with one attached hydrogen (secondary N) is 1. The molecule has 2 aromatic rings. The van der Waals surface area contributed by atoms with Gasteiger partial charge in [0, 0.05) is 15.7 Å². The van der Waals surface area contributed by atoms with E-state index in [1.54, 1.807) is 18.2 Å². The fourth-order valence-corrected chi connectivity index (χ4v) is 2.11. The highest BCUT2D eigenvalue weighted by Crippen LogP contribution is 2.22. The minimum absolute atomic E-state index is 0.0247. The van der Waals surface area contributed by atoms with Crippen molar-refractivity contribution in [3.63, 3.8) is 0 Å². The Hall–Kier alpha value is -1.39. The lowest BCUT2D eigenvalue weighted by atomic mass is 10.1. The van der Waals surface area contributed by atoms with Crippen LogP contribution in [0.25, 0.3) is 0 Å². The highest BCUT2D eigenvalue weighted by molar-refractivity contribution is 9.10. The lowest BCUT2D eigenvalue weighted by Crippen LogP contribution is -2.13. The summed E-state index contributed by atoms with van der Waals surface area (Å²) in [6.07, 6.45) is 0. The molecule has 0 atom stereocenters. The molecule has 98 valence electrons. The maximum atomic E-state index is 13.3. The molecule has 1 amide bonds. The first-order valence-corrected chi connectivity index (χ1v) is 6.67. The largest absolute Gasteiger partial charge is 0.322 e. The van der Waals surface area contributed by atoms with Crippen LogP contribution in [0.1, 0.15) is 15.9 Å². The summed E-state index contributed by atoms with van der Waals surface area (Å²) in [4.78, 5) is 12.1. The minimum atomic E-state index is -0.564. The van der Waals surface area contributed by atoms with Gasteiger partial charge in [-0.2, -0.15) is 0 Å². The van der Waals surface area contributed by atoms with Crippen molar-refractivity contribution in [1.29, 1.82) is 0 Å². The quantitative estimate of drug-likeness (QED) is 0.834. The Kier molecular flexibility index (Phi) is 4.22. The Balaban J connectivity index is 2.26. The van der Waals surface area contributed by atoms with E-state index in [0.717, 1.165) is 10.0 Å². The molecule has 0 fully saturated rings. The van der Waals surface area contributed by atoms with Gasteiger partial charge in [0.2, 0.25) is 0 Å². The third-order valence-corrected chi connectivity index (χ3v) is 3.86. The van der Waals surface area contributed by atoms with Crippen LogP contribution in [0.3, 0.4) is 0 Å². The minimum Gasteiger partial charge on any atom is -0.322 e. The Morgan fingerprint density at radius 3 is 2.74 bits per heavy atom. The van der Waals surface area contributed by atoms with Crippen LogP contribution in [0.15, 0.2) is 40.9 Å². The average molecular weight is 343 g/mol. The monoisotopic (exact) mass is 341 g/mol. The second-order valence-corrected chi connectivity index (χ2v) is 5.26. The number of hydrogen-bond donors (Lipinski definition) is 1. The number of amides is 1. The molecule has 5 heteroatoms. The molecule has 0 saturated carbocycles. The number of hydrogen-bond acceptors (Lipinski definition) is 1. The van der Waals surface area contributed by atoms with E-state index < -0.39 is 5.82 Å². The van der Waals surface area contributed by atoms with Crippen LogP contribution in [-0.2, 0) is 0 Å². The van der Waals surface area contributed by atoms with Gasteiger partial charge >= 0.3 is 0 Å². The zero-order valence-corrected chi connectivity index (χ0v) is 12.3. The zero-order valence-electron chi connectivity index (χ0n) is 10.0. The molecule has 0 aliphatic heterocycles. The highest BCUT2D eigenvalue weighted by Gasteiger charge is 2.11. The number of carbonyl (C=O) groups excluding carboxylic acids is 1. The van der Waals surface area contributed by atoms with Gasteiger partial charge in [0.05, 0.1) is 5.02 Å². The fraction of sp³-hybridized carbons (Fsp3) is 0.0714. The molecule has 0 heterocycles. The van der Waals surface area contributed by atoms with E-state index in [9.17, 15) is 9.18 Å². The summed E-state index contributed by atoms with van der Waals surface area (Å²) < 4.78 is 14.1. The first kappa shape index (κ1) is 14.0. The predicted octanol–water partition coefficient (Wildman–Crippen LogP) is 4.80. The molecule has 1 N–H and O–H groups in total. The molecule has 2 aromatic carbocycles. The van der Waals surface area contributed by atoms with E-state index in [2.05, 4.69) is 21.2 Å². The predicted molar refractivity (Wildman–Crippen MR) is 78.2 cm³/mol. The molecule has 0 spiro atoms. The molecule has 0 bridgehead atoms. The maximum absolute atomic E-state index is 13.3. The Bertz CT molecular complexity index is 645. The van der Waals surface area contributed by atoms with Crippen molar-refractivity contribution in [1.82, 2.24) is 0 Å². The number of halogens is 3. The van der Waals surface area contributed by atoms with Gasteiger partial charge in [-0.15, -0.1) is 0 Å². The number of rotatable bonds is 2. The molecule has 0 unspecified atom stereocenters. The van der Waals surface area contributed by atoms with Crippen LogP contribution in [0.2, 0.25) is 5.02 Å². The standard InChI is InChI=1S/C14H10BrClFNO/c1-8-10(3-2-4-11(8)15)14(19)18-9-5-6-12(16)13(17)7-9/h2-7H,1H3,(H,18,19). The smallest absolute Gasteiger partial charge is 0.255 e. The number of anilines is 1. The Morgan fingerprint density at radius 2 is 2.05 bits per heavy atom. The van der Waals surface area contributed by atoms with Gasteiger partial charge in [-0.1, -0.05) is 33.6 Å². The molecule has 0 aromatic heterocycles. The molecular weight excluding hydrogens is 333 g/mol. The fourth-order valence-electron chi connectivity index (χ4n) is 1.63. The van der Waals surface area contributed by atoms with Crippen molar-refractivity contribution in [2.45, 2.75) is 6.92 Å². The van der Waals surface area contributed by atoms with Crippen LogP contribution in [0, 0.1) is 12.7 Å². The van der Waals surface area contributed by atoms with Gasteiger partial charge < -0.3 is 5.32 Å². The van der Waals surface area contributed by atoms with Crippen molar-refractivity contribution in [2.75, 3.05) is 5.32 Å². The van der Waals surface area contributed by atoms with Gasteiger partial charge in [-0.3, -0.25) is 4.79 Å². The van der Waals surface area contributed by atoms with Crippen molar-refractivity contribution in [3.05, 3.63) is 62.8 Å².